The molecule has 2 N–H and O–H groups in total. The molecule has 2 amide bonds. The number of rotatable bonds is 11. The number of amides is 2. The summed E-state index contributed by atoms with van der Waals surface area (Å²) in [5.41, 5.74) is 5.23. The van der Waals surface area contributed by atoms with Crippen molar-refractivity contribution in [3.8, 4) is 5.75 Å². The minimum Gasteiger partial charge on any atom is -0.484 e. The van der Waals surface area contributed by atoms with Crippen LogP contribution in [0.15, 0.2) is 107 Å². The summed E-state index contributed by atoms with van der Waals surface area (Å²) in [5, 5.41) is 6.64. The number of halogens is 1. The van der Waals surface area contributed by atoms with Gasteiger partial charge in [0.15, 0.2) is 6.61 Å². The lowest BCUT2D eigenvalue weighted by molar-refractivity contribution is -0.119. The van der Waals surface area contributed by atoms with Gasteiger partial charge in [-0.1, -0.05) is 47.5 Å². The lowest BCUT2D eigenvalue weighted by Crippen LogP contribution is -2.40. The molecule has 0 saturated carbocycles. The van der Waals surface area contributed by atoms with Crippen LogP contribution in [0, 0.1) is 19.7 Å². The Kier molecular flexibility index (Phi) is 9.66. The lowest BCUT2D eigenvalue weighted by atomic mass is 10.2. The molecule has 0 spiro atoms. The van der Waals surface area contributed by atoms with Crippen molar-refractivity contribution in [2.75, 3.05) is 22.8 Å². The van der Waals surface area contributed by atoms with Crippen LogP contribution in [-0.4, -0.2) is 39.6 Å². The van der Waals surface area contributed by atoms with E-state index in [4.69, 9.17) is 4.74 Å². The molecule has 9 nitrogen and oxygen atoms in total. The molecule has 4 aromatic rings. The average molecular weight is 589 g/mol. The van der Waals surface area contributed by atoms with Crippen molar-refractivity contribution in [3.63, 3.8) is 0 Å². The van der Waals surface area contributed by atoms with Crippen molar-refractivity contribution in [3.05, 3.63) is 120 Å². The van der Waals surface area contributed by atoms with E-state index in [0.29, 0.717) is 21.3 Å². The van der Waals surface area contributed by atoms with Gasteiger partial charge in [-0.05, 0) is 80.1 Å². The Morgan fingerprint density at radius 2 is 1.48 bits per heavy atom. The van der Waals surface area contributed by atoms with Crippen LogP contribution in [-0.2, 0) is 19.6 Å². The van der Waals surface area contributed by atoms with E-state index >= 15 is 0 Å². The van der Waals surface area contributed by atoms with Gasteiger partial charge >= 0.3 is 0 Å². The minimum absolute atomic E-state index is 0.0809. The topological polar surface area (TPSA) is 117 Å². The Labute approximate surface area is 243 Å². The standard InChI is InChI=1S/C31H29FN4O5S/c1-22-7-13-25(14-8-22)34-31(38)21-41-26-15-11-24(12-16-26)19-33-35-30(37)20-36(29-6-4-3-5-28(29)32)42(39,40)27-17-9-23(2)10-18-27/h3-19H,20-21H2,1-2H3,(H,34,38)(H,35,37)/b33-19-. The first-order chi connectivity index (χ1) is 20.1. The second-order valence-electron chi connectivity index (χ2n) is 9.34. The highest BCUT2D eigenvalue weighted by Crippen LogP contribution is 2.26. The summed E-state index contributed by atoms with van der Waals surface area (Å²) in [5.74, 6) is -1.41. The van der Waals surface area contributed by atoms with E-state index in [1.807, 2.05) is 26.0 Å². The van der Waals surface area contributed by atoms with Crippen LogP contribution < -0.4 is 19.8 Å². The summed E-state index contributed by atoms with van der Waals surface area (Å²) < 4.78 is 47.6. The molecule has 0 bridgehead atoms. The summed E-state index contributed by atoms with van der Waals surface area (Å²) in [7, 11) is -4.26. The summed E-state index contributed by atoms with van der Waals surface area (Å²) in [6.45, 7) is 2.88. The fraction of sp³-hybridized carbons (Fsp3) is 0.129. The first-order valence-electron chi connectivity index (χ1n) is 12.9. The molecule has 4 aromatic carbocycles. The Hall–Kier alpha value is -5.03. The third-order valence-electron chi connectivity index (χ3n) is 6.01. The smallest absolute Gasteiger partial charge is 0.264 e. The van der Waals surface area contributed by atoms with Crippen molar-refractivity contribution < 1.29 is 27.1 Å². The Balaban J connectivity index is 1.35. The Morgan fingerprint density at radius 3 is 2.12 bits per heavy atom. The molecular weight excluding hydrogens is 559 g/mol. The largest absolute Gasteiger partial charge is 0.484 e. The van der Waals surface area contributed by atoms with Crippen molar-refractivity contribution in [2.45, 2.75) is 18.7 Å². The van der Waals surface area contributed by atoms with E-state index < -0.39 is 28.3 Å². The number of nitrogens with zero attached hydrogens (tertiary/aromatic N) is 2. The predicted octanol–water partition coefficient (Wildman–Crippen LogP) is 4.81. The molecule has 0 aromatic heterocycles. The van der Waals surface area contributed by atoms with Gasteiger partial charge in [0.1, 0.15) is 18.1 Å². The molecule has 0 aliphatic rings. The van der Waals surface area contributed by atoms with Crippen LogP contribution in [0.2, 0.25) is 0 Å². The van der Waals surface area contributed by atoms with E-state index in [2.05, 4.69) is 15.8 Å². The van der Waals surface area contributed by atoms with Crippen molar-refractivity contribution in [1.82, 2.24) is 5.43 Å². The maximum Gasteiger partial charge on any atom is 0.264 e. The number of carbonyl (C=O) groups is 2. The number of benzene rings is 4. The van der Waals surface area contributed by atoms with Crippen molar-refractivity contribution in [2.24, 2.45) is 5.10 Å². The highest BCUT2D eigenvalue weighted by atomic mass is 32.2. The molecule has 0 unspecified atom stereocenters. The van der Waals surface area contributed by atoms with Gasteiger partial charge < -0.3 is 10.1 Å². The van der Waals surface area contributed by atoms with Gasteiger partial charge in [0, 0.05) is 5.69 Å². The van der Waals surface area contributed by atoms with Crippen LogP contribution in [0.3, 0.4) is 0 Å². The maximum absolute atomic E-state index is 14.6. The van der Waals surface area contributed by atoms with Crippen molar-refractivity contribution in [1.29, 1.82) is 0 Å². The van der Waals surface area contributed by atoms with Gasteiger partial charge in [0.05, 0.1) is 16.8 Å². The SMILES string of the molecule is Cc1ccc(NC(=O)COc2ccc(/C=N\NC(=O)CN(c3ccccc3F)S(=O)(=O)c3ccc(C)cc3)cc2)cc1. The predicted molar refractivity (Wildman–Crippen MR) is 160 cm³/mol. The second-order valence-corrected chi connectivity index (χ2v) is 11.2. The number of hydrogen-bond donors (Lipinski definition) is 2. The van der Waals surface area contributed by atoms with E-state index in [0.717, 1.165) is 17.2 Å². The number of anilines is 2. The van der Waals surface area contributed by atoms with Crippen LogP contribution in [0.4, 0.5) is 15.8 Å². The third kappa shape index (κ3) is 8.01. The maximum atomic E-state index is 14.6. The molecule has 0 heterocycles. The van der Waals surface area contributed by atoms with E-state index in [9.17, 15) is 22.4 Å². The molecule has 0 atom stereocenters. The quantitative estimate of drug-likeness (QED) is 0.193. The number of para-hydroxylation sites is 1. The fourth-order valence-electron chi connectivity index (χ4n) is 3.77. The van der Waals surface area contributed by atoms with Gasteiger partial charge in [-0.3, -0.25) is 13.9 Å². The second kappa shape index (κ2) is 13.6. The first-order valence-corrected chi connectivity index (χ1v) is 14.3. The molecule has 0 fully saturated rings. The Bertz CT molecular complexity index is 1670. The van der Waals surface area contributed by atoms with E-state index in [1.165, 1.54) is 36.5 Å². The van der Waals surface area contributed by atoms with Crippen molar-refractivity contribution >= 4 is 39.4 Å². The molecular formula is C31H29FN4O5S. The molecule has 42 heavy (non-hydrogen) atoms. The van der Waals surface area contributed by atoms with E-state index in [-0.39, 0.29) is 23.1 Å². The number of aryl methyl sites for hydroxylation is 2. The highest BCUT2D eigenvalue weighted by molar-refractivity contribution is 7.92. The first kappa shape index (κ1) is 29.9. The van der Waals surface area contributed by atoms with Gasteiger partial charge in [-0.2, -0.15) is 5.10 Å². The van der Waals surface area contributed by atoms with Gasteiger partial charge in [0.2, 0.25) is 0 Å². The molecule has 0 aliphatic heterocycles. The number of hydrazone groups is 1. The van der Waals surface area contributed by atoms with Gasteiger partial charge in [-0.15, -0.1) is 0 Å². The highest BCUT2D eigenvalue weighted by Gasteiger charge is 2.29. The van der Waals surface area contributed by atoms with E-state index in [1.54, 1.807) is 48.5 Å². The number of nitrogens with one attached hydrogen (secondary N) is 2. The molecule has 0 saturated heterocycles. The zero-order chi connectivity index (χ0) is 30.1. The zero-order valence-electron chi connectivity index (χ0n) is 23.0. The summed E-state index contributed by atoms with van der Waals surface area (Å²) in [6, 6.07) is 25.3. The Morgan fingerprint density at radius 1 is 0.857 bits per heavy atom. The van der Waals surface area contributed by atoms with Gasteiger partial charge in [-0.25, -0.2) is 18.2 Å². The van der Waals surface area contributed by atoms with Crippen LogP contribution in [0.5, 0.6) is 5.75 Å². The minimum atomic E-state index is -4.26. The van der Waals surface area contributed by atoms with Crippen LogP contribution in [0.1, 0.15) is 16.7 Å². The zero-order valence-corrected chi connectivity index (χ0v) is 23.8. The van der Waals surface area contributed by atoms with Gasteiger partial charge in [0.25, 0.3) is 21.8 Å². The number of carbonyl (C=O) groups excluding carboxylic acids is 2. The molecule has 0 aliphatic carbocycles. The monoisotopic (exact) mass is 588 g/mol. The van der Waals surface area contributed by atoms with Crippen LogP contribution >= 0.6 is 0 Å². The molecule has 216 valence electrons. The average Bonchev–Trinajstić information content (AvgIpc) is 2.97. The van der Waals surface area contributed by atoms with Crippen LogP contribution in [0.25, 0.3) is 0 Å². The lowest BCUT2D eigenvalue weighted by Gasteiger charge is -2.24. The summed E-state index contributed by atoms with van der Waals surface area (Å²) in [6.07, 6.45) is 1.35. The third-order valence-corrected chi connectivity index (χ3v) is 7.78. The number of hydrogen-bond acceptors (Lipinski definition) is 6. The number of ether oxygens (including phenoxy) is 1. The normalized spacial score (nSPS) is 11.2. The summed E-state index contributed by atoms with van der Waals surface area (Å²) in [4.78, 5) is 24.7. The molecule has 11 heteroatoms. The molecule has 4 rings (SSSR count). The number of sulfonamides is 1. The molecule has 0 radical (unpaired) electrons. The summed E-state index contributed by atoms with van der Waals surface area (Å²) >= 11 is 0. The fourth-order valence-corrected chi connectivity index (χ4v) is 5.20.